The van der Waals surface area contributed by atoms with Crippen molar-refractivity contribution in [2.24, 2.45) is 11.7 Å². The molecule has 0 aromatic carbocycles. The summed E-state index contributed by atoms with van der Waals surface area (Å²) in [6, 6.07) is 0.221. The standard InChI is InChI=1S/C15H30N4O/c1-5-6-19-12-14(10-17-19)15(9-16)18(7-8-20-4)11-13(2)3/h10,12-13,15H,5-9,11,16H2,1-4H3. The Morgan fingerprint density at radius 1 is 1.45 bits per heavy atom. The average molecular weight is 282 g/mol. The van der Waals surface area contributed by atoms with Crippen LogP contribution in [0.2, 0.25) is 0 Å². The largest absolute Gasteiger partial charge is 0.383 e. The molecule has 116 valence electrons. The van der Waals surface area contributed by atoms with Crippen molar-refractivity contribution in [2.75, 3.05) is 33.4 Å². The molecule has 1 atom stereocenters. The Balaban J connectivity index is 2.80. The maximum absolute atomic E-state index is 6.02. The second-order valence-corrected chi connectivity index (χ2v) is 5.67. The zero-order chi connectivity index (χ0) is 15.0. The van der Waals surface area contributed by atoms with Gasteiger partial charge in [0.25, 0.3) is 0 Å². The maximum atomic E-state index is 6.02. The van der Waals surface area contributed by atoms with E-state index in [2.05, 4.69) is 37.0 Å². The number of methoxy groups -OCH3 is 1. The van der Waals surface area contributed by atoms with E-state index >= 15 is 0 Å². The van der Waals surface area contributed by atoms with Crippen LogP contribution in [-0.4, -0.2) is 48.0 Å². The Hall–Kier alpha value is -0.910. The lowest BCUT2D eigenvalue weighted by molar-refractivity contribution is 0.112. The van der Waals surface area contributed by atoms with Crippen LogP contribution >= 0.6 is 0 Å². The molecule has 0 aliphatic heterocycles. The second kappa shape index (κ2) is 9.10. The first-order valence-corrected chi connectivity index (χ1v) is 7.57. The summed E-state index contributed by atoms with van der Waals surface area (Å²) in [6.45, 7) is 10.8. The Kier molecular flexibility index (Phi) is 7.80. The lowest BCUT2D eigenvalue weighted by atomic mass is 10.1. The van der Waals surface area contributed by atoms with E-state index in [4.69, 9.17) is 10.5 Å². The van der Waals surface area contributed by atoms with Crippen molar-refractivity contribution in [1.29, 1.82) is 0 Å². The molecule has 0 radical (unpaired) electrons. The predicted octanol–water partition coefficient (Wildman–Crippen LogP) is 1.90. The van der Waals surface area contributed by atoms with Gasteiger partial charge in [-0.2, -0.15) is 5.10 Å². The summed E-state index contributed by atoms with van der Waals surface area (Å²) in [6.07, 6.45) is 5.17. The van der Waals surface area contributed by atoms with Crippen LogP contribution in [0.1, 0.15) is 38.8 Å². The maximum Gasteiger partial charge on any atom is 0.0589 e. The van der Waals surface area contributed by atoms with Crippen molar-refractivity contribution in [2.45, 2.75) is 39.8 Å². The highest BCUT2D eigenvalue weighted by atomic mass is 16.5. The molecule has 5 nitrogen and oxygen atoms in total. The number of rotatable bonds is 10. The van der Waals surface area contributed by atoms with Gasteiger partial charge in [0.05, 0.1) is 18.8 Å². The van der Waals surface area contributed by atoms with E-state index in [0.717, 1.165) is 32.7 Å². The van der Waals surface area contributed by atoms with E-state index in [1.54, 1.807) is 7.11 Å². The molecule has 0 aliphatic rings. The molecule has 0 fully saturated rings. The van der Waals surface area contributed by atoms with E-state index in [1.807, 2.05) is 10.9 Å². The molecule has 1 aromatic heterocycles. The highest BCUT2D eigenvalue weighted by Gasteiger charge is 2.21. The summed E-state index contributed by atoms with van der Waals surface area (Å²) in [5.41, 5.74) is 7.22. The van der Waals surface area contributed by atoms with Crippen molar-refractivity contribution in [3.05, 3.63) is 18.0 Å². The molecule has 1 rings (SSSR count). The fourth-order valence-electron chi connectivity index (χ4n) is 2.45. The molecular formula is C15H30N4O. The molecule has 0 aliphatic carbocycles. The van der Waals surface area contributed by atoms with E-state index in [0.29, 0.717) is 12.5 Å². The van der Waals surface area contributed by atoms with E-state index in [1.165, 1.54) is 5.56 Å². The van der Waals surface area contributed by atoms with Crippen LogP contribution in [0.15, 0.2) is 12.4 Å². The van der Waals surface area contributed by atoms with Gasteiger partial charge >= 0.3 is 0 Å². The SMILES string of the molecule is CCCn1cc(C(CN)N(CCOC)CC(C)C)cn1. The average Bonchev–Trinajstić information content (AvgIpc) is 2.85. The van der Waals surface area contributed by atoms with Crippen molar-refractivity contribution in [3.63, 3.8) is 0 Å². The Labute approximate surface area is 123 Å². The zero-order valence-corrected chi connectivity index (χ0v) is 13.4. The highest BCUT2D eigenvalue weighted by Crippen LogP contribution is 2.20. The molecule has 5 heteroatoms. The highest BCUT2D eigenvalue weighted by molar-refractivity contribution is 5.11. The Morgan fingerprint density at radius 2 is 2.20 bits per heavy atom. The van der Waals surface area contributed by atoms with Crippen LogP contribution in [0.3, 0.4) is 0 Å². The minimum Gasteiger partial charge on any atom is -0.383 e. The lowest BCUT2D eigenvalue weighted by Crippen LogP contribution is -2.38. The molecule has 2 N–H and O–H groups in total. The fourth-order valence-corrected chi connectivity index (χ4v) is 2.45. The number of hydrogen-bond acceptors (Lipinski definition) is 4. The van der Waals surface area contributed by atoms with E-state index in [-0.39, 0.29) is 6.04 Å². The summed E-state index contributed by atoms with van der Waals surface area (Å²) >= 11 is 0. The number of ether oxygens (including phenoxy) is 1. The van der Waals surface area contributed by atoms with Gasteiger partial charge in [-0.1, -0.05) is 20.8 Å². The third kappa shape index (κ3) is 5.23. The molecule has 1 unspecified atom stereocenters. The van der Waals surface area contributed by atoms with Gasteiger partial charge in [0.2, 0.25) is 0 Å². The first-order chi connectivity index (χ1) is 9.62. The van der Waals surface area contributed by atoms with Crippen LogP contribution in [0.4, 0.5) is 0 Å². The van der Waals surface area contributed by atoms with Gasteiger partial charge in [-0.15, -0.1) is 0 Å². The monoisotopic (exact) mass is 282 g/mol. The third-order valence-electron chi connectivity index (χ3n) is 3.34. The van der Waals surface area contributed by atoms with Gasteiger partial charge in [-0.25, -0.2) is 0 Å². The van der Waals surface area contributed by atoms with Crippen molar-refractivity contribution < 1.29 is 4.74 Å². The van der Waals surface area contributed by atoms with Gasteiger partial charge in [-0.3, -0.25) is 9.58 Å². The van der Waals surface area contributed by atoms with Crippen LogP contribution in [-0.2, 0) is 11.3 Å². The van der Waals surface area contributed by atoms with Gasteiger partial charge in [0.15, 0.2) is 0 Å². The summed E-state index contributed by atoms with van der Waals surface area (Å²) in [4.78, 5) is 2.40. The third-order valence-corrected chi connectivity index (χ3v) is 3.34. The van der Waals surface area contributed by atoms with Crippen LogP contribution < -0.4 is 5.73 Å². The molecule has 20 heavy (non-hydrogen) atoms. The number of nitrogens with zero attached hydrogens (tertiary/aromatic N) is 3. The summed E-state index contributed by atoms with van der Waals surface area (Å²) in [7, 11) is 1.74. The lowest BCUT2D eigenvalue weighted by Gasteiger charge is -2.31. The number of hydrogen-bond donors (Lipinski definition) is 1. The van der Waals surface area contributed by atoms with Gasteiger partial charge in [0.1, 0.15) is 0 Å². The van der Waals surface area contributed by atoms with Crippen LogP contribution in [0, 0.1) is 5.92 Å². The number of aryl methyl sites for hydroxylation is 1. The minimum absolute atomic E-state index is 0.221. The summed E-state index contributed by atoms with van der Waals surface area (Å²) < 4.78 is 7.23. The minimum atomic E-state index is 0.221. The van der Waals surface area contributed by atoms with Crippen LogP contribution in [0.25, 0.3) is 0 Å². The molecule has 0 spiro atoms. The van der Waals surface area contributed by atoms with Crippen LogP contribution in [0.5, 0.6) is 0 Å². The number of aromatic nitrogens is 2. The van der Waals surface area contributed by atoms with Crippen molar-refractivity contribution in [1.82, 2.24) is 14.7 Å². The Bertz CT molecular complexity index is 365. The summed E-state index contributed by atoms with van der Waals surface area (Å²) in [5.74, 6) is 0.603. The molecule has 0 amide bonds. The molecule has 1 aromatic rings. The smallest absolute Gasteiger partial charge is 0.0589 e. The number of nitrogens with two attached hydrogens (primary N) is 1. The topological polar surface area (TPSA) is 56.3 Å². The Morgan fingerprint density at radius 3 is 2.75 bits per heavy atom. The quantitative estimate of drug-likeness (QED) is 0.712. The molecule has 0 saturated carbocycles. The first kappa shape index (κ1) is 17.1. The van der Waals surface area contributed by atoms with Gasteiger partial charge < -0.3 is 10.5 Å². The normalized spacial score (nSPS) is 13.3. The zero-order valence-electron chi connectivity index (χ0n) is 13.4. The van der Waals surface area contributed by atoms with Gasteiger partial charge in [-0.05, 0) is 12.3 Å². The van der Waals surface area contributed by atoms with Crippen molar-refractivity contribution in [3.8, 4) is 0 Å². The van der Waals surface area contributed by atoms with Crippen molar-refractivity contribution >= 4 is 0 Å². The molecule has 0 bridgehead atoms. The molecule has 1 heterocycles. The van der Waals surface area contributed by atoms with Gasteiger partial charge in [0, 0.05) is 45.0 Å². The molecular weight excluding hydrogens is 252 g/mol. The van der Waals surface area contributed by atoms with E-state index < -0.39 is 0 Å². The second-order valence-electron chi connectivity index (χ2n) is 5.67. The predicted molar refractivity (Wildman–Crippen MR) is 82.6 cm³/mol. The fraction of sp³-hybridized carbons (Fsp3) is 0.800. The van der Waals surface area contributed by atoms with E-state index in [9.17, 15) is 0 Å². The first-order valence-electron chi connectivity index (χ1n) is 7.57. The molecule has 0 saturated heterocycles. The summed E-state index contributed by atoms with van der Waals surface area (Å²) in [5, 5.41) is 4.42.